The van der Waals surface area contributed by atoms with Gasteiger partial charge in [-0.2, -0.15) is 0 Å². The number of rotatable bonds is 7. The molecule has 26 heavy (non-hydrogen) atoms. The first-order chi connectivity index (χ1) is 12.6. The number of unbranched alkanes of at least 4 members (excludes halogenated alkanes) is 1. The summed E-state index contributed by atoms with van der Waals surface area (Å²) in [6.45, 7) is 11.2. The molecule has 1 saturated heterocycles. The second kappa shape index (κ2) is 10.7. The van der Waals surface area contributed by atoms with Crippen molar-refractivity contribution in [3.8, 4) is 5.75 Å². The molecule has 144 valence electrons. The van der Waals surface area contributed by atoms with Crippen LogP contribution in [-0.4, -0.2) is 61.0 Å². The van der Waals surface area contributed by atoms with Crippen LogP contribution in [0, 0.1) is 0 Å². The standard InChI is InChI=1S/C20H32N4O2/c1-4-6-14-26-19-9-7-8-18(15-19)16-22-20(21-5-2)24-12-10-23(11-13-24)17(3)25/h7-9,15H,4-6,10-14,16H2,1-3H3,(H,21,22). The molecule has 1 heterocycles. The van der Waals surface area contributed by atoms with E-state index in [4.69, 9.17) is 9.73 Å². The van der Waals surface area contributed by atoms with E-state index < -0.39 is 0 Å². The lowest BCUT2D eigenvalue weighted by Crippen LogP contribution is -2.53. The molecule has 6 nitrogen and oxygen atoms in total. The van der Waals surface area contributed by atoms with E-state index in [-0.39, 0.29) is 5.91 Å². The van der Waals surface area contributed by atoms with Gasteiger partial charge in [0.05, 0.1) is 13.2 Å². The van der Waals surface area contributed by atoms with E-state index in [0.717, 1.165) is 69.4 Å². The summed E-state index contributed by atoms with van der Waals surface area (Å²) in [5.74, 6) is 1.96. The fourth-order valence-electron chi connectivity index (χ4n) is 2.89. The summed E-state index contributed by atoms with van der Waals surface area (Å²) in [6, 6.07) is 8.16. The molecule has 1 N–H and O–H groups in total. The number of nitrogens with zero attached hydrogens (tertiary/aromatic N) is 3. The molecule has 0 atom stereocenters. The van der Waals surface area contributed by atoms with Crippen molar-refractivity contribution < 1.29 is 9.53 Å². The number of hydrogen-bond donors (Lipinski definition) is 1. The molecule has 0 aliphatic carbocycles. The monoisotopic (exact) mass is 360 g/mol. The second-order valence-electron chi connectivity index (χ2n) is 6.51. The van der Waals surface area contributed by atoms with Crippen LogP contribution in [0.25, 0.3) is 0 Å². The summed E-state index contributed by atoms with van der Waals surface area (Å²) in [5.41, 5.74) is 1.14. The summed E-state index contributed by atoms with van der Waals surface area (Å²) < 4.78 is 5.78. The van der Waals surface area contributed by atoms with Crippen LogP contribution in [0.1, 0.15) is 39.2 Å². The number of aliphatic imine (C=N–C) groups is 1. The van der Waals surface area contributed by atoms with Gasteiger partial charge in [-0.1, -0.05) is 25.5 Å². The highest BCUT2D eigenvalue weighted by molar-refractivity contribution is 5.80. The van der Waals surface area contributed by atoms with Gasteiger partial charge in [-0.25, -0.2) is 4.99 Å². The normalized spacial score (nSPS) is 15.1. The summed E-state index contributed by atoms with van der Waals surface area (Å²) in [4.78, 5) is 20.4. The Balaban J connectivity index is 1.96. The number of guanidine groups is 1. The van der Waals surface area contributed by atoms with E-state index in [1.807, 2.05) is 17.0 Å². The molecule has 1 aromatic carbocycles. The quantitative estimate of drug-likeness (QED) is 0.461. The van der Waals surface area contributed by atoms with Gasteiger partial charge in [-0.15, -0.1) is 0 Å². The van der Waals surface area contributed by atoms with Gasteiger partial charge in [0.25, 0.3) is 0 Å². The lowest BCUT2D eigenvalue weighted by atomic mass is 10.2. The fourth-order valence-corrected chi connectivity index (χ4v) is 2.89. The van der Waals surface area contributed by atoms with Crippen molar-refractivity contribution in [3.63, 3.8) is 0 Å². The van der Waals surface area contributed by atoms with E-state index in [1.54, 1.807) is 6.92 Å². The highest BCUT2D eigenvalue weighted by Crippen LogP contribution is 2.15. The smallest absolute Gasteiger partial charge is 0.219 e. The molecule has 6 heteroatoms. The fraction of sp³-hybridized carbons (Fsp3) is 0.600. The van der Waals surface area contributed by atoms with Crippen LogP contribution in [0.3, 0.4) is 0 Å². The van der Waals surface area contributed by atoms with E-state index in [0.29, 0.717) is 6.54 Å². The Bertz CT molecular complexity index is 595. The predicted molar refractivity (Wildman–Crippen MR) is 105 cm³/mol. The summed E-state index contributed by atoms with van der Waals surface area (Å²) in [6.07, 6.45) is 2.20. The van der Waals surface area contributed by atoms with E-state index >= 15 is 0 Å². The Kier molecular flexibility index (Phi) is 8.25. The van der Waals surface area contributed by atoms with Crippen molar-refractivity contribution >= 4 is 11.9 Å². The molecular formula is C20H32N4O2. The number of carbonyl (C=O) groups is 1. The molecule has 0 unspecified atom stereocenters. The van der Waals surface area contributed by atoms with Gasteiger partial charge in [-0.3, -0.25) is 4.79 Å². The van der Waals surface area contributed by atoms with Crippen molar-refractivity contribution in [2.24, 2.45) is 4.99 Å². The average molecular weight is 361 g/mol. The third-order valence-electron chi connectivity index (χ3n) is 4.44. The first-order valence-electron chi connectivity index (χ1n) is 9.64. The molecule has 0 aromatic heterocycles. The maximum atomic E-state index is 11.5. The molecule has 1 amide bonds. The molecule has 1 aliphatic heterocycles. The van der Waals surface area contributed by atoms with Crippen molar-refractivity contribution in [2.45, 2.75) is 40.2 Å². The van der Waals surface area contributed by atoms with Crippen LogP contribution < -0.4 is 10.1 Å². The Morgan fingerprint density at radius 1 is 1.19 bits per heavy atom. The van der Waals surface area contributed by atoms with E-state index in [1.165, 1.54) is 0 Å². The number of benzene rings is 1. The largest absolute Gasteiger partial charge is 0.494 e. The molecule has 1 fully saturated rings. The number of hydrogen-bond acceptors (Lipinski definition) is 3. The lowest BCUT2D eigenvalue weighted by molar-refractivity contribution is -0.130. The van der Waals surface area contributed by atoms with Gasteiger partial charge < -0.3 is 19.9 Å². The molecule has 2 rings (SSSR count). The Labute approximate surface area is 157 Å². The van der Waals surface area contributed by atoms with Crippen LogP contribution >= 0.6 is 0 Å². The summed E-state index contributed by atoms with van der Waals surface area (Å²) in [7, 11) is 0. The van der Waals surface area contributed by atoms with Crippen LogP contribution in [-0.2, 0) is 11.3 Å². The number of carbonyl (C=O) groups excluding carboxylic acids is 1. The lowest BCUT2D eigenvalue weighted by Gasteiger charge is -2.36. The first-order valence-corrected chi connectivity index (χ1v) is 9.64. The van der Waals surface area contributed by atoms with Crippen molar-refractivity contribution in [2.75, 3.05) is 39.3 Å². The zero-order chi connectivity index (χ0) is 18.8. The summed E-state index contributed by atoms with van der Waals surface area (Å²) in [5, 5.41) is 3.36. The topological polar surface area (TPSA) is 57.2 Å². The zero-order valence-corrected chi connectivity index (χ0v) is 16.3. The molecule has 0 saturated carbocycles. The number of nitrogens with one attached hydrogen (secondary N) is 1. The van der Waals surface area contributed by atoms with Crippen molar-refractivity contribution in [3.05, 3.63) is 29.8 Å². The molecular weight excluding hydrogens is 328 g/mol. The molecule has 1 aliphatic rings. The predicted octanol–water partition coefficient (Wildman–Crippen LogP) is 2.50. The highest BCUT2D eigenvalue weighted by atomic mass is 16.5. The summed E-state index contributed by atoms with van der Waals surface area (Å²) >= 11 is 0. The highest BCUT2D eigenvalue weighted by Gasteiger charge is 2.20. The van der Waals surface area contributed by atoms with Crippen LogP contribution in [0.4, 0.5) is 0 Å². The molecule has 0 bridgehead atoms. The minimum atomic E-state index is 0.145. The van der Waals surface area contributed by atoms with Crippen LogP contribution in [0.5, 0.6) is 5.75 Å². The molecule has 0 radical (unpaired) electrons. The van der Waals surface area contributed by atoms with Gasteiger partial charge >= 0.3 is 0 Å². The van der Waals surface area contributed by atoms with Gasteiger partial charge in [-0.05, 0) is 31.0 Å². The number of amides is 1. The van der Waals surface area contributed by atoms with Crippen LogP contribution in [0.2, 0.25) is 0 Å². The second-order valence-corrected chi connectivity index (χ2v) is 6.51. The van der Waals surface area contributed by atoms with Gasteiger partial charge in [0.15, 0.2) is 5.96 Å². The first kappa shape index (κ1) is 20.1. The van der Waals surface area contributed by atoms with Crippen molar-refractivity contribution in [1.29, 1.82) is 0 Å². The van der Waals surface area contributed by atoms with E-state index in [2.05, 4.69) is 36.2 Å². The minimum absolute atomic E-state index is 0.145. The number of ether oxygens (including phenoxy) is 1. The number of piperazine rings is 1. The van der Waals surface area contributed by atoms with Crippen molar-refractivity contribution in [1.82, 2.24) is 15.1 Å². The SMILES string of the molecule is CCCCOc1cccc(CN=C(NCC)N2CCN(C(C)=O)CC2)c1. The maximum absolute atomic E-state index is 11.5. The van der Waals surface area contributed by atoms with Gasteiger partial charge in [0.2, 0.25) is 5.91 Å². The average Bonchev–Trinajstić information content (AvgIpc) is 2.66. The third-order valence-corrected chi connectivity index (χ3v) is 4.44. The zero-order valence-electron chi connectivity index (χ0n) is 16.3. The van der Waals surface area contributed by atoms with E-state index in [9.17, 15) is 4.79 Å². The third kappa shape index (κ3) is 6.24. The Morgan fingerprint density at radius 3 is 2.58 bits per heavy atom. The minimum Gasteiger partial charge on any atom is -0.494 e. The van der Waals surface area contributed by atoms with Gasteiger partial charge in [0, 0.05) is 39.6 Å². The Morgan fingerprint density at radius 2 is 1.92 bits per heavy atom. The maximum Gasteiger partial charge on any atom is 0.219 e. The Hall–Kier alpha value is -2.24. The van der Waals surface area contributed by atoms with Gasteiger partial charge in [0.1, 0.15) is 5.75 Å². The molecule has 1 aromatic rings. The molecule has 0 spiro atoms. The van der Waals surface area contributed by atoms with Crippen LogP contribution in [0.15, 0.2) is 29.3 Å².